The first kappa shape index (κ1) is 30.9. The van der Waals surface area contributed by atoms with Gasteiger partial charge in [0.1, 0.15) is 23.9 Å². The van der Waals surface area contributed by atoms with Gasteiger partial charge in [-0.25, -0.2) is 9.78 Å². The number of hydrogen-bond donors (Lipinski definition) is 8. The number of benzene rings is 1. The average molecular weight is 572 g/mol. The Morgan fingerprint density at radius 1 is 1.10 bits per heavy atom. The van der Waals surface area contributed by atoms with Gasteiger partial charge in [-0.3, -0.25) is 19.4 Å². The third-order valence-electron chi connectivity index (χ3n) is 6.72. The summed E-state index contributed by atoms with van der Waals surface area (Å²) in [6.45, 7) is 0.436. The summed E-state index contributed by atoms with van der Waals surface area (Å²) in [6.07, 6.45) is 4.46. The second kappa shape index (κ2) is 14.6. The van der Waals surface area contributed by atoms with Gasteiger partial charge in [-0.1, -0.05) is 12.1 Å². The highest BCUT2D eigenvalue weighted by atomic mass is 16.4. The Hall–Kier alpha value is -4.66. The van der Waals surface area contributed by atoms with E-state index < -0.39 is 47.9 Å². The predicted molar refractivity (Wildman–Crippen MR) is 148 cm³/mol. The summed E-state index contributed by atoms with van der Waals surface area (Å²) in [6, 6.07) is 1.88. The Morgan fingerprint density at radius 2 is 1.80 bits per heavy atom. The van der Waals surface area contributed by atoms with Gasteiger partial charge in [0.2, 0.25) is 17.7 Å². The zero-order valence-corrected chi connectivity index (χ0v) is 22.5. The van der Waals surface area contributed by atoms with Crippen molar-refractivity contribution in [1.82, 2.24) is 25.5 Å². The number of phenols is 1. The van der Waals surface area contributed by atoms with Crippen LogP contribution >= 0.6 is 0 Å². The largest absolute Gasteiger partial charge is 0.508 e. The zero-order chi connectivity index (χ0) is 29.9. The molecule has 1 fully saturated rings. The predicted octanol–water partition coefficient (Wildman–Crippen LogP) is -1.67. The third-order valence-corrected chi connectivity index (χ3v) is 6.72. The standard InChI is InChI=1S/C26H37N9O6/c27-18(12-16-13-30-14-32-16)22(37)33-19(3-1-9-31-26(28)29)23(38)34-20(11-15-5-7-17(36)8-6-15)24(39)35-10-2-4-21(35)25(40)41/h5-8,13-14,18-21,36H,1-4,9-12,27H2,(H,30,32)(H,33,37)(H,34,38)(H,40,41)(H4,28,29,31). The van der Waals surface area contributed by atoms with E-state index in [9.17, 15) is 29.4 Å². The van der Waals surface area contributed by atoms with Crippen molar-refractivity contribution in [2.24, 2.45) is 22.2 Å². The number of carbonyl (C=O) groups excluding carboxylic acids is 3. The van der Waals surface area contributed by atoms with Crippen molar-refractivity contribution in [1.29, 1.82) is 0 Å². The zero-order valence-electron chi connectivity index (χ0n) is 22.5. The fourth-order valence-electron chi connectivity index (χ4n) is 4.60. The number of carbonyl (C=O) groups is 4. The number of carboxylic acids is 1. The van der Waals surface area contributed by atoms with Crippen LogP contribution in [0, 0.1) is 0 Å². The van der Waals surface area contributed by atoms with E-state index in [4.69, 9.17) is 17.2 Å². The monoisotopic (exact) mass is 571 g/mol. The van der Waals surface area contributed by atoms with Crippen LogP contribution < -0.4 is 27.8 Å². The first-order valence-electron chi connectivity index (χ1n) is 13.2. The molecule has 1 aromatic carbocycles. The second-order valence-corrected chi connectivity index (χ2v) is 9.86. The van der Waals surface area contributed by atoms with Gasteiger partial charge in [0.15, 0.2) is 5.96 Å². The van der Waals surface area contributed by atoms with Crippen LogP contribution in [0.3, 0.4) is 0 Å². The average Bonchev–Trinajstić information content (AvgIpc) is 3.63. The number of aliphatic carboxylic acids is 1. The molecule has 4 unspecified atom stereocenters. The Balaban J connectivity index is 1.79. The molecule has 4 atom stereocenters. The number of phenolic OH excluding ortho intramolecular Hbond substituents is 1. The number of nitrogens with two attached hydrogens (primary N) is 3. The van der Waals surface area contributed by atoms with Crippen LogP contribution in [0.25, 0.3) is 0 Å². The summed E-state index contributed by atoms with van der Waals surface area (Å²) in [5.41, 5.74) is 18.1. The van der Waals surface area contributed by atoms with E-state index >= 15 is 0 Å². The second-order valence-electron chi connectivity index (χ2n) is 9.86. The quantitative estimate of drug-likeness (QED) is 0.0726. The number of aliphatic imine (C=N–C) groups is 1. The van der Waals surface area contributed by atoms with E-state index in [0.717, 1.165) is 0 Å². The van der Waals surface area contributed by atoms with Gasteiger partial charge in [0.25, 0.3) is 0 Å². The summed E-state index contributed by atoms with van der Waals surface area (Å²) < 4.78 is 0. The highest BCUT2D eigenvalue weighted by Crippen LogP contribution is 2.20. The molecule has 2 heterocycles. The highest BCUT2D eigenvalue weighted by molar-refractivity contribution is 5.94. The number of aromatic amines is 1. The minimum Gasteiger partial charge on any atom is -0.508 e. The van der Waals surface area contributed by atoms with Crippen LogP contribution in [0.1, 0.15) is 36.9 Å². The molecule has 0 saturated carbocycles. The van der Waals surface area contributed by atoms with Crippen LogP contribution in [-0.4, -0.2) is 92.0 Å². The molecule has 222 valence electrons. The number of nitrogens with one attached hydrogen (secondary N) is 3. The van der Waals surface area contributed by atoms with E-state index in [1.54, 1.807) is 12.1 Å². The van der Waals surface area contributed by atoms with Crippen molar-refractivity contribution in [3.63, 3.8) is 0 Å². The lowest BCUT2D eigenvalue weighted by molar-refractivity contribution is -0.149. The lowest BCUT2D eigenvalue weighted by Crippen LogP contribution is -2.57. The fourth-order valence-corrected chi connectivity index (χ4v) is 4.60. The van der Waals surface area contributed by atoms with Crippen LogP contribution in [0.5, 0.6) is 5.75 Å². The molecule has 15 heteroatoms. The lowest BCUT2D eigenvalue weighted by Gasteiger charge is -2.29. The molecule has 1 saturated heterocycles. The van der Waals surface area contributed by atoms with E-state index in [2.05, 4.69) is 25.6 Å². The van der Waals surface area contributed by atoms with Crippen LogP contribution in [0.2, 0.25) is 0 Å². The van der Waals surface area contributed by atoms with Gasteiger partial charge in [0, 0.05) is 37.8 Å². The number of aromatic hydroxyl groups is 1. The number of guanidine groups is 1. The molecular weight excluding hydrogens is 534 g/mol. The van der Waals surface area contributed by atoms with Gasteiger partial charge in [-0.15, -0.1) is 0 Å². The van der Waals surface area contributed by atoms with Crippen molar-refractivity contribution in [3.05, 3.63) is 48.0 Å². The summed E-state index contributed by atoms with van der Waals surface area (Å²) in [7, 11) is 0. The topological polar surface area (TPSA) is 255 Å². The molecule has 11 N–H and O–H groups in total. The fraction of sp³-hybridized carbons (Fsp3) is 0.462. The molecule has 1 aromatic heterocycles. The van der Waals surface area contributed by atoms with Crippen LogP contribution in [0.15, 0.2) is 41.8 Å². The van der Waals surface area contributed by atoms with Gasteiger partial charge in [0.05, 0.1) is 12.4 Å². The summed E-state index contributed by atoms with van der Waals surface area (Å²) in [4.78, 5) is 63.7. The molecule has 3 amide bonds. The number of amides is 3. The molecule has 0 spiro atoms. The molecule has 0 radical (unpaired) electrons. The van der Waals surface area contributed by atoms with Crippen LogP contribution in [0.4, 0.5) is 0 Å². The van der Waals surface area contributed by atoms with E-state index in [1.165, 1.54) is 29.6 Å². The van der Waals surface area contributed by atoms with E-state index in [-0.39, 0.29) is 44.1 Å². The molecule has 1 aliphatic heterocycles. The summed E-state index contributed by atoms with van der Waals surface area (Å²) in [5.74, 6) is -3.01. The van der Waals surface area contributed by atoms with Crippen molar-refractivity contribution in [2.45, 2.75) is 62.7 Å². The van der Waals surface area contributed by atoms with Crippen molar-refractivity contribution < 1.29 is 29.4 Å². The highest BCUT2D eigenvalue weighted by Gasteiger charge is 2.38. The number of aromatic nitrogens is 2. The number of likely N-dealkylation sites (tertiary alicyclic amines) is 1. The number of carboxylic acid groups (broad SMARTS) is 1. The maximum absolute atomic E-state index is 13.6. The lowest BCUT2D eigenvalue weighted by atomic mass is 10.0. The van der Waals surface area contributed by atoms with Crippen LogP contribution in [-0.2, 0) is 32.0 Å². The van der Waals surface area contributed by atoms with Crippen molar-refractivity contribution in [2.75, 3.05) is 13.1 Å². The molecule has 0 bridgehead atoms. The summed E-state index contributed by atoms with van der Waals surface area (Å²) >= 11 is 0. The Labute approximate surface area is 236 Å². The molecule has 41 heavy (non-hydrogen) atoms. The first-order valence-corrected chi connectivity index (χ1v) is 13.2. The maximum Gasteiger partial charge on any atom is 0.326 e. The number of rotatable bonds is 14. The Bertz CT molecular complexity index is 1210. The summed E-state index contributed by atoms with van der Waals surface area (Å²) in [5, 5.41) is 24.6. The number of H-pyrrole nitrogens is 1. The number of imidazole rings is 1. The molecule has 0 aliphatic carbocycles. The van der Waals surface area contributed by atoms with E-state index in [0.29, 0.717) is 30.5 Å². The van der Waals surface area contributed by atoms with Crippen molar-refractivity contribution in [3.8, 4) is 5.75 Å². The molecular formula is C26H37N9O6. The number of nitrogens with zero attached hydrogens (tertiary/aromatic N) is 3. The first-order chi connectivity index (χ1) is 19.5. The Kier molecular flexibility index (Phi) is 11.0. The van der Waals surface area contributed by atoms with Gasteiger partial charge < -0.3 is 47.9 Å². The van der Waals surface area contributed by atoms with Gasteiger partial charge in [-0.05, 0) is 43.4 Å². The maximum atomic E-state index is 13.6. The molecule has 2 aromatic rings. The van der Waals surface area contributed by atoms with Gasteiger partial charge >= 0.3 is 5.97 Å². The normalized spacial score (nSPS) is 16.8. The van der Waals surface area contributed by atoms with E-state index in [1.807, 2.05) is 0 Å². The molecule has 15 nitrogen and oxygen atoms in total. The van der Waals surface area contributed by atoms with Crippen molar-refractivity contribution >= 4 is 29.7 Å². The Morgan fingerprint density at radius 3 is 2.44 bits per heavy atom. The smallest absolute Gasteiger partial charge is 0.326 e. The minimum atomic E-state index is -1.14. The molecule has 1 aliphatic rings. The third kappa shape index (κ3) is 9.20. The molecule has 3 rings (SSSR count). The number of hydrogen-bond acceptors (Lipinski definition) is 8. The van der Waals surface area contributed by atoms with Gasteiger partial charge in [-0.2, -0.15) is 0 Å². The SMILES string of the molecule is NC(N)=NCCCC(NC(=O)C(N)Cc1cnc[nH]1)C(=O)NC(Cc1ccc(O)cc1)C(=O)N1CCCC1C(=O)O. The minimum absolute atomic E-state index is 0.0289.